The molecule has 1 aromatic carbocycles. The van der Waals surface area contributed by atoms with Gasteiger partial charge in [0.25, 0.3) is 5.91 Å². The first-order valence-corrected chi connectivity index (χ1v) is 8.11. The molecule has 3 rings (SSSR count). The van der Waals surface area contributed by atoms with E-state index in [0.717, 1.165) is 24.3 Å². The average Bonchev–Trinajstić information content (AvgIpc) is 2.94. The molecule has 6 heteroatoms. The van der Waals surface area contributed by atoms with Crippen molar-refractivity contribution in [1.82, 2.24) is 10.1 Å². The SMILES string of the molecule is COc1ccc(OC2CCN(C(=O)c3c(C)noc3C)CC2)cc1. The van der Waals surface area contributed by atoms with Crippen LogP contribution in [0.4, 0.5) is 0 Å². The van der Waals surface area contributed by atoms with Crippen molar-refractivity contribution < 1.29 is 18.8 Å². The number of methoxy groups -OCH3 is 1. The molecule has 1 fully saturated rings. The Bertz CT molecular complexity index is 681. The maximum atomic E-state index is 12.6. The minimum atomic E-state index is -0.00542. The highest BCUT2D eigenvalue weighted by atomic mass is 16.5. The summed E-state index contributed by atoms with van der Waals surface area (Å²) < 4.78 is 16.2. The molecule has 0 aliphatic carbocycles. The fourth-order valence-corrected chi connectivity index (χ4v) is 2.97. The van der Waals surface area contributed by atoms with E-state index in [-0.39, 0.29) is 12.0 Å². The zero-order valence-electron chi connectivity index (χ0n) is 14.2. The molecule has 1 amide bonds. The molecule has 0 unspecified atom stereocenters. The quantitative estimate of drug-likeness (QED) is 0.862. The fraction of sp³-hybridized carbons (Fsp3) is 0.444. The lowest BCUT2D eigenvalue weighted by Crippen LogP contribution is -2.42. The third-order valence-electron chi connectivity index (χ3n) is 4.34. The number of ether oxygens (including phenoxy) is 2. The molecule has 0 atom stereocenters. The van der Waals surface area contributed by atoms with Crippen LogP contribution in [-0.2, 0) is 0 Å². The second-order valence-corrected chi connectivity index (χ2v) is 5.98. The number of likely N-dealkylation sites (tertiary alicyclic amines) is 1. The van der Waals surface area contributed by atoms with Crippen LogP contribution in [0, 0.1) is 13.8 Å². The molecular weight excluding hydrogens is 308 g/mol. The predicted octanol–water partition coefficient (Wildman–Crippen LogP) is 2.98. The Hall–Kier alpha value is -2.50. The van der Waals surface area contributed by atoms with Crippen LogP contribution < -0.4 is 9.47 Å². The van der Waals surface area contributed by atoms with Gasteiger partial charge in [0.15, 0.2) is 0 Å². The molecule has 1 aromatic heterocycles. The van der Waals surface area contributed by atoms with Crippen LogP contribution in [0.1, 0.15) is 34.7 Å². The van der Waals surface area contributed by atoms with Gasteiger partial charge in [0.1, 0.15) is 28.9 Å². The first-order valence-electron chi connectivity index (χ1n) is 8.11. The fourth-order valence-electron chi connectivity index (χ4n) is 2.97. The molecule has 0 N–H and O–H groups in total. The van der Waals surface area contributed by atoms with Crippen molar-refractivity contribution in [3.63, 3.8) is 0 Å². The summed E-state index contributed by atoms with van der Waals surface area (Å²) in [5.74, 6) is 2.21. The van der Waals surface area contributed by atoms with E-state index in [1.807, 2.05) is 29.2 Å². The molecular formula is C18H22N2O4. The lowest BCUT2D eigenvalue weighted by atomic mass is 10.1. The predicted molar refractivity (Wildman–Crippen MR) is 88.5 cm³/mol. The van der Waals surface area contributed by atoms with E-state index in [0.29, 0.717) is 30.1 Å². The van der Waals surface area contributed by atoms with E-state index in [4.69, 9.17) is 14.0 Å². The van der Waals surface area contributed by atoms with Gasteiger partial charge in [-0.1, -0.05) is 5.16 Å². The van der Waals surface area contributed by atoms with Crippen LogP contribution in [0.25, 0.3) is 0 Å². The number of aromatic nitrogens is 1. The van der Waals surface area contributed by atoms with E-state index in [9.17, 15) is 4.79 Å². The second kappa shape index (κ2) is 6.95. The Morgan fingerprint density at radius 3 is 2.33 bits per heavy atom. The molecule has 1 saturated heterocycles. The summed E-state index contributed by atoms with van der Waals surface area (Å²) in [4.78, 5) is 14.5. The van der Waals surface area contributed by atoms with Crippen LogP contribution in [0.15, 0.2) is 28.8 Å². The van der Waals surface area contributed by atoms with Crippen LogP contribution in [0.3, 0.4) is 0 Å². The number of piperidine rings is 1. The third kappa shape index (κ3) is 3.37. The molecule has 1 aliphatic rings. The number of hydrogen-bond donors (Lipinski definition) is 0. The number of benzene rings is 1. The minimum Gasteiger partial charge on any atom is -0.497 e. The van der Waals surface area contributed by atoms with Crippen molar-refractivity contribution in [3.05, 3.63) is 41.3 Å². The van der Waals surface area contributed by atoms with Crippen molar-refractivity contribution >= 4 is 5.91 Å². The van der Waals surface area contributed by atoms with Gasteiger partial charge in [-0.25, -0.2) is 0 Å². The lowest BCUT2D eigenvalue weighted by Gasteiger charge is -2.32. The third-order valence-corrected chi connectivity index (χ3v) is 4.34. The second-order valence-electron chi connectivity index (χ2n) is 5.98. The normalized spacial score (nSPS) is 15.4. The molecule has 2 aromatic rings. The number of nitrogens with zero attached hydrogens (tertiary/aromatic N) is 2. The molecule has 0 radical (unpaired) electrons. The van der Waals surface area contributed by atoms with Gasteiger partial charge in [-0.2, -0.15) is 0 Å². The number of carbonyl (C=O) groups is 1. The highest BCUT2D eigenvalue weighted by Gasteiger charge is 2.28. The zero-order chi connectivity index (χ0) is 17.1. The lowest BCUT2D eigenvalue weighted by molar-refractivity contribution is 0.0593. The maximum absolute atomic E-state index is 12.6. The summed E-state index contributed by atoms with van der Waals surface area (Å²) in [5.41, 5.74) is 1.23. The van der Waals surface area contributed by atoms with E-state index < -0.39 is 0 Å². The topological polar surface area (TPSA) is 64.8 Å². The standard InChI is InChI=1S/C18H22N2O4/c1-12-17(13(2)24-19-12)18(21)20-10-8-16(9-11-20)23-15-6-4-14(22-3)5-7-15/h4-7,16H,8-11H2,1-3H3. The van der Waals surface area contributed by atoms with Crippen molar-refractivity contribution in [2.24, 2.45) is 0 Å². The van der Waals surface area contributed by atoms with Gasteiger partial charge < -0.3 is 18.9 Å². The van der Waals surface area contributed by atoms with E-state index in [1.54, 1.807) is 21.0 Å². The van der Waals surface area contributed by atoms with Crippen molar-refractivity contribution in [1.29, 1.82) is 0 Å². The molecule has 0 spiro atoms. The van der Waals surface area contributed by atoms with Gasteiger partial charge in [0.2, 0.25) is 0 Å². The van der Waals surface area contributed by atoms with Crippen molar-refractivity contribution in [3.8, 4) is 11.5 Å². The minimum absolute atomic E-state index is 0.00542. The Labute approximate surface area is 141 Å². The van der Waals surface area contributed by atoms with Crippen LogP contribution in [0.5, 0.6) is 11.5 Å². The monoisotopic (exact) mass is 330 g/mol. The van der Waals surface area contributed by atoms with Gasteiger partial charge in [-0.05, 0) is 38.1 Å². The number of hydrogen-bond acceptors (Lipinski definition) is 5. The number of amides is 1. The smallest absolute Gasteiger partial charge is 0.259 e. The van der Waals surface area contributed by atoms with Crippen LogP contribution in [-0.4, -0.2) is 42.3 Å². The zero-order valence-corrected chi connectivity index (χ0v) is 14.2. The summed E-state index contributed by atoms with van der Waals surface area (Å²) in [7, 11) is 1.64. The van der Waals surface area contributed by atoms with Crippen molar-refractivity contribution in [2.75, 3.05) is 20.2 Å². The molecule has 6 nitrogen and oxygen atoms in total. The van der Waals surface area contributed by atoms with Gasteiger partial charge in [-0.15, -0.1) is 0 Å². The van der Waals surface area contributed by atoms with Gasteiger partial charge in [0, 0.05) is 25.9 Å². The molecule has 0 bridgehead atoms. The van der Waals surface area contributed by atoms with Gasteiger partial charge in [0.05, 0.1) is 12.8 Å². The maximum Gasteiger partial charge on any atom is 0.259 e. The summed E-state index contributed by atoms with van der Waals surface area (Å²) in [5, 5.41) is 3.86. The van der Waals surface area contributed by atoms with E-state index >= 15 is 0 Å². The molecule has 1 aliphatic heterocycles. The first kappa shape index (κ1) is 16.4. The van der Waals surface area contributed by atoms with Crippen molar-refractivity contribution in [2.45, 2.75) is 32.8 Å². The summed E-state index contributed by atoms with van der Waals surface area (Å²) in [6, 6.07) is 7.57. The number of aryl methyl sites for hydroxylation is 2. The molecule has 0 saturated carbocycles. The summed E-state index contributed by atoms with van der Waals surface area (Å²) in [6.45, 7) is 4.91. The summed E-state index contributed by atoms with van der Waals surface area (Å²) in [6.07, 6.45) is 1.73. The molecule has 2 heterocycles. The highest BCUT2D eigenvalue weighted by Crippen LogP contribution is 2.23. The van der Waals surface area contributed by atoms with Gasteiger partial charge in [-0.3, -0.25) is 4.79 Å². The van der Waals surface area contributed by atoms with E-state index in [2.05, 4.69) is 5.16 Å². The Morgan fingerprint density at radius 1 is 1.17 bits per heavy atom. The largest absolute Gasteiger partial charge is 0.497 e. The Balaban J connectivity index is 1.56. The highest BCUT2D eigenvalue weighted by molar-refractivity contribution is 5.96. The van der Waals surface area contributed by atoms with Crippen LogP contribution in [0.2, 0.25) is 0 Å². The molecule has 128 valence electrons. The number of carbonyl (C=O) groups excluding carboxylic acids is 1. The van der Waals surface area contributed by atoms with Crippen LogP contribution >= 0.6 is 0 Å². The Kier molecular flexibility index (Phi) is 4.74. The Morgan fingerprint density at radius 2 is 1.79 bits per heavy atom. The average molecular weight is 330 g/mol. The molecule has 24 heavy (non-hydrogen) atoms. The van der Waals surface area contributed by atoms with Gasteiger partial charge >= 0.3 is 0 Å². The van der Waals surface area contributed by atoms with E-state index in [1.165, 1.54) is 0 Å². The first-order chi connectivity index (χ1) is 11.6. The summed E-state index contributed by atoms with van der Waals surface area (Å²) >= 11 is 0. The number of rotatable bonds is 4.